The lowest BCUT2D eigenvalue weighted by atomic mass is 9.93. The molecule has 1 saturated carbocycles. The minimum atomic E-state index is -0.715. The molecule has 2 aliphatic rings. The van der Waals surface area contributed by atoms with Gasteiger partial charge in [-0.3, -0.25) is 14.3 Å². The Balaban J connectivity index is 1.57. The summed E-state index contributed by atoms with van der Waals surface area (Å²) in [5, 5.41) is 7.68. The summed E-state index contributed by atoms with van der Waals surface area (Å²) in [7, 11) is 1.92. The second-order valence-electron chi connectivity index (χ2n) is 9.98. The van der Waals surface area contributed by atoms with Crippen LogP contribution in [0.1, 0.15) is 66.3 Å². The van der Waals surface area contributed by atoms with Gasteiger partial charge >= 0.3 is 0 Å². The van der Waals surface area contributed by atoms with Crippen LogP contribution in [-0.4, -0.2) is 33.3 Å². The molecule has 5 rings (SSSR count). The standard InChI is InChI=1S/C26H32FN5O3/c1-14-17(15(2)31(4)30-14)8-7-11-29-22-20(27)21(28)19-23-25(22)35-13-26(9-5-6-10-26)32(23)12-18(16(3)33)24(19)34/h12,29H,5-11,13,28H2,1-4H3. The van der Waals surface area contributed by atoms with Crippen LogP contribution in [0.3, 0.4) is 0 Å². The fraction of sp³-hybridized carbons (Fsp3) is 0.500. The molecule has 0 amide bonds. The molecule has 0 radical (unpaired) electrons. The van der Waals surface area contributed by atoms with Crippen LogP contribution < -0.4 is 21.2 Å². The first kappa shape index (κ1) is 23.4. The minimum absolute atomic E-state index is 0.0309. The van der Waals surface area contributed by atoms with Gasteiger partial charge in [0.15, 0.2) is 17.3 Å². The van der Waals surface area contributed by atoms with E-state index in [0.29, 0.717) is 24.4 Å². The molecule has 0 saturated heterocycles. The Morgan fingerprint density at radius 2 is 2.03 bits per heavy atom. The smallest absolute Gasteiger partial charge is 0.202 e. The zero-order valence-corrected chi connectivity index (χ0v) is 20.8. The lowest BCUT2D eigenvalue weighted by Crippen LogP contribution is -2.42. The molecule has 1 spiro atoms. The van der Waals surface area contributed by atoms with Gasteiger partial charge in [-0.25, -0.2) is 4.39 Å². The maximum Gasteiger partial charge on any atom is 0.202 e. The van der Waals surface area contributed by atoms with Crippen LogP contribution >= 0.6 is 0 Å². The lowest BCUT2D eigenvalue weighted by molar-refractivity contribution is 0.101. The normalized spacial score (nSPS) is 16.1. The number of Topliss-reactive ketones (excluding diaryl/α,β-unsaturated/α-hetero) is 1. The monoisotopic (exact) mass is 481 g/mol. The molecular weight excluding hydrogens is 449 g/mol. The number of rotatable bonds is 6. The Bertz CT molecular complexity index is 1420. The van der Waals surface area contributed by atoms with Gasteiger partial charge in [-0.2, -0.15) is 5.10 Å². The highest BCUT2D eigenvalue weighted by Gasteiger charge is 2.42. The zero-order chi connectivity index (χ0) is 25.1. The number of nitrogens with zero attached hydrogens (tertiary/aromatic N) is 3. The lowest BCUT2D eigenvalue weighted by Gasteiger charge is -2.39. The molecule has 1 aliphatic heterocycles. The van der Waals surface area contributed by atoms with Gasteiger partial charge in [0.05, 0.1) is 33.4 Å². The van der Waals surface area contributed by atoms with Gasteiger partial charge < -0.3 is 20.4 Å². The van der Waals surface area contributed by atoms with E-state index in [2.05, 4.69) is 10.4 Å². The number of nitrogens with two attached hydrogens (primary N) is 1. The molecule has 3 N–H and O–H groups in total. The molecule has 0 unspecified atom stereocenters. The van der Waals surface area contributed by atoms with Crippen molar-refractivity contribution in [3.63, 3.8) is 0 Å². The Labute approximate surface area is 203 Å². The van der Waals surface area contributed by atoms with Crippen molar-refractivity contribution in [1.29, 1.82) is 0 Å². The fourth-order valence-corrected chi connectivity index (χ4v) is 5.83. The predicted octanol–water partition coefficient (Wildman–Crippen LogP) is 3.98. The van der Waals surface area contributed by atoms with E-state index < -0.39 is 11.2 Å². The second kappa shape index (κ2) is 8.39. The first-order chi connectivity index (χ1) is 16.7. The van der Waals surface area contributed by atoms with E-state index in [1.807, 2.05) is 30.1 Å². The first-order valence-corrected chi connectivity index (χ1v) is 12.2. The number of carbonyl (C=O) groups excluding carboxylic acids is 1. The van der Waals surface area contributed by atoms with Crippen molar-refractivity contribution in [2.75, 3.05) is 24.2 Å². The van der Waals surface area contributed by atoms with E-state index in [9.17, 15) is 9.59 Å². The molecule has 1 aliphatic carbocycles. The summed E-state index contributed by atoms with van der Waals surface area (Å²) in [5.74, 6) is -0.775. The van der Waals surface area contributed by atoms with E-state index in [1.165, 1.54) is 12.5 Å². The number of nitrogens with one attached hydrogen (secondary N) is 1. The molecule has 3 aromatic rings. The van der Waals surface area contributed by atoms with Crippen LogP contribution in [-0.2, 0) is 19.0 Å². The van der Waals surface area contributed by atoms with Gasteiger partial charge in [0.25, 0.3) is 0 Å². The second-order valence-corrected chi connectivity index (χ2v) is 9.98. The number of anilines is 2. The highest BCUT2D eigenvalue weighted by atomic mass is 19.1. The minimum Gasteiger partial charge on any atom is -0.487 e. The molecule has 186 valence electrons. The summed E-state index contributed by atoms with van der Waals surface area (Å²) < 4.78 is 25.6. The van der Waals surface area contributed by atoms with Crippen LogP contribution in [0.4, 0.5) is 15.8 Å². The van der Waals surface area contributed by atoms with Crippen molar-refractivity contribution in [2.45, 2.75) is 64.8 Å². The van der Waals surface area contributed by atoms with Gasteiger partial charge in [-0.15, -0.1) is 0 Å². The average Bonchev–Trinajstić information content (AvgIpc) is 3.38. The van der Waals surface area contributed by atoms with Gasteiger partial charge in [0.2, 0.25) is 5.43 Å². The number of fused-ring (bicyclic) bond motifs is 1. The molecule has 1 aromatic carbocycles. The molecule has 0 bridgehead atoms. The maximum atomic E-state index is 15.6. The SMILES string of the molecule is CC(=O)c1cn2c3c(c(NCCCc4c(C)nn(C)c4C)c(F)c(N)c3c1=O)OCC21CCCC1. The number of pyridine rings is 1. The number of hydrogen-bond donors (Lipinski definition) is 2. The third kappa shape index (κ3) is 3.51. The third-order valence-corrected chi connectivity index (χ3v) is 7.85. The molecule has 1 fully saturated rings. The average molecular weight is 482 g/mol. The third-order valence-electron chi connectivity index (χ3n) is 7.85. The van der Waals surface area contributed by atoms with E-state index in [1.54, 1.807) is 6.20 Å². The number of halogens is 1. The molecule has 0 atom stereocenters. The number of aromatic nitrogens is 3. The van der Waals surface area contributed by atoms with Gasteiger partial charge in [0, 0.05) is 25.5 Å². The Morgan fingerprint density at radius 1 is 1.31 bits per heavy atom. The van der Waals surface area contributed by atoms with Gasteiger partial charge in [-0.1, -0.05) is 12.8 Å². The topological polar surface area (TPSA) is 104 Å². The van der Waals surface area contributed by atoms with E-state index >= 15 is 4.39 Å². The summed E-state index contributed by atoms with van der Waals surface area (Å²) in [4.78, 5) is 25.5. The van der Waals surface area contributed by atoms with E-state index in [4.69, 9.17) is 10.5 Å². The zero-order valence-electron chi connectivity index (χ0n) is 20.8. The molecule has 8 nitrogen and oxygen atoms in total. The summed E-state index contributed by atoms with van der Waals surface area (Å²) in [5.41, 5.74) is 9.07. The van der Waals surface area contributed by atoms with Gasteiger partial charge in [-0.05, 0) is 52.0 Å². The molecule has 2 aromatic heterocycles. The number of nitrogen functional groups attached to an aromatic ring is 1. The number of ketones is 1. The van der Waals surface area contributed by atoms with Crippen molar-refractivity contribution in [3.05, 3.63) is 44.8 Å². The summed E-state index contributed by atoms with van der Waals surface area (Å²) in [6, 6.07) is 0. The molecule has 9 heteroatoms. The quantitative estimate of drug-likeness (QED) is 0.314. The van der Waals surface area contributed by atoms with Crippen molar-refractivity contribution in [3.8, 4) is 5.75 Å². The van der Waals surface area contributed by atoms with Crippen LogP contribution in [0.5, 0.6) is 5.75 Å². The number of carbonyl (C=O) groups is 1. The van der Waals surface area contributed by atoms with Crippen LogP contribution in [0, 0.1) is 19.7 Å². The van der Waals surface area contributed by atoms with Crippen molar-refractivity contribution in [2.24, 2.45) is 7.05 Å². The van der Waals surface area contributed by atoms with Crippen LogP contribution in [0.15, 0.2) is 11.0 Å². The van der Waals surface area contributed by atoms with Gasteiger partial charge in [0.1, 0.15) is 12.3 Å². The fourth-order valence-electron chi connectivity index (χ4n) is 5.83. The number of hydrogen-bond acceptors (Lipinski definition) is 6. The Hall–Kier alpha value is -3.36. The molecular formula is C26H32FN5O3. The number of benzene rings is 1. The Morgan fingerprint density at radius 3 is 2.66 bits per heavy atom. The largest absolute Gasteiger partial charge is 0.487 e. The van der Waals surface area contributed by atoms with E-state index in [-0.39, 0.29) is 33.6 Å². The number of aryl methyl sites for hydroxylation is 2. The maximum absolute atomic E-state index is 15.6. The van der Waals surface area contributed by atoms with Crippen LogP contribution in [0.25, 0.3) is 10.9 Å². The van der Waals surface area contributed by atoms with Crippen molar-refractivity contribution in [1.82, 2.24) is 14.3 Å². The number of ether oxygens (including phenoxy) is 1. The highest BCUT2D eigenvalue weighted by Crippen LogP contribution is 2.48. The highest BCUT2D eigenvalue weighted by molar-refractivity contribution is 6.04. The summed E-state index contributed by atoms with van der Waals surface area (Å²) in [6.07, 6.45) is 6.98. The Kier molecular flexibility index (Phi) is 5.61. The molecule has 3 heterocycles. The summed E-state index contributed by atoms with van der Waals surface area (Å²) >= 11 is 0. The van der Waals surface area contributed by atoms with Crippen LogP contribution in [0.2, 0.25) is 0 Å². The van der Waals surface area contributed by atoms with Crippen molar-refractivity contribution < 1.29 is 13.9 Å². The van der Waals surface area contributed by atoms with Crippen molar-refractivity contribution >= 4 is 28.1 Å². The summed E-state index contributed by atoms with van der Waals surface area (Å²) in [6.45, 7) is 6.24. The first-order valence-electron chi connectivity index (χ1n) is 12.2. The predicted molar refractivity (Wildman–Crippen MR) is 134 cm³/mol. The molecule has 35 heavy (non-hydrogen) atoms. The van der Waals surface area contributed by atoms with E-state index in [0.717, 1.165) is 49.9 Å².